The Balaban J connectivity index is 1.59. The van der Waals surface area contributed by atoms with Gasteiger partial charge in [0.15, 0.2) is 0 Å². The van der Waals surface area contributed by atoms with Crippen molar-refractivity contribution in [1.82, 2.24) is 0 Å². The number of rotatable bonds is 6. The number of aliphatic hydroxyl groups is 1. The molecule has 2 aromatic carbocycles. The molecule has 0 fully saturated rings. The lowest BCUT2D eigenvalue weighted by molar-refractivity contribution is 0.257. The van der Waals surface area contributed by atoms with Crippen molar-refractivity contribution in [2.24, 2.45) is 0 Å². The molecule has 1 heterocycles. The molecule has 2 heteroatoms. The Morgan fingerprint density at radius 3 is 2.67 bits per heavy atom. The topological polar surface area (TPSA) is 33.4 Å². The zero-order valence-electron chi connectivity index (χ0n) is 12.0. The number of aryl methyl sites for hydroxylation is 1. The molecule has 0 bridgehead atoms. The Bertz CT molecular complexity index is 685. The lowest BCUT2D eigenvalue weighted by Crippen LogP contribution is -2.04. The molecule has 1 N–H and O–H groups in total. The van der Waals surface area contributed by atoms with Gasteiger partial charge in [-0.25, -0.2) is 0 Å². The molecular formula is C19H20O2. The van der Waals surface area contributed by atoms with Crippen LogP contribution in [0.3, 0.4) is 0 Å². The van der Waals surface area contributed by atoms with Crippen molar-refractivity contribution in [1.29, 1.82) is 0 Å². The summed E-state index contributed by atoms with van der Waals surface area (Å²) in [6.45, 7) is 0.213. The molecule has 0 saturated carbocycles. The first-order valence-electron chi connectivity index (χ1n) is 7.49. The molecule has 2 nitrogen and oxygen atoms in total. The molecular weight excluding hydrogens is 260 g/mol. The summed E-state index contributed by atoms with van der Waals surface area (Å²) < 4.78 is 5.36. The average Bonchev–Trinajstić information content (AvgIpc) is 3.00. The number of benzene rings is 2. The molecule has 0 aliphatic rings. The second-order valence-corrected chi connectivity index (χ2v) is 5.48. The van der Waals surface area contributed by atoms with Crippen molar-refractivity contribution in [3.05, 3.63) is 72.0 Å². The van der Waals surface area contributed by atoms with Crippen molar-refractivity contribution in [2.45, 2.75) is 25.2 Å². The van der Waals surface area contributed by atoms with Crippen LogP contribution < -0.4 is 0 Å². The van der Waals surface area contributed by atoms with Gasteiger partial charge in [-0.2, -0.15) is 0 Å². The van der Waals surface area contributed by atoms with Crippen molar-refractivity contribution in [2.75, 3.05) is 6.61 Å². The lowest BCUT2D eigenvalue weighted by Gasteiger charge is -2.14. The Hall–Kier alpha value is -2.06. The molecule has 21 heavy (non-hydrogen) atoms. The summed E-state index contributed by atoms with van der Waals surface area (Å²) in [6, 6.07) is 18.6. The molecule has 0 aliphatic heterocycles. The van der Waals surface area contributed by atoms with Crippen molar-refractivity contribution >= 4 is 11.0 Å². The normalized spacial score (nSPS) is 12.6. The highest BCUT2D eigenvalue weighted by molar-refractivity contribution is 5.77. The highest BCUT2D eigenvalue weighted by Crippen LogP contribution is 2.23. The van der Waals surface area contributed by atoms with E-state index >= 15 is 0 Å². The first-order chi connectivity index (χ1) is 10.4. The predicted molar refractivity (Wildman–Crippen MR) is 85.4 cm³/mol. The second kappa shape index (κ2) is 6.59. The standard InChI is InChI=1S/C19H20O2/c20-14-18(16-6-2-1-3-7-16)8-4-5-15-9-10-19-17(13-15)11-12-21-19/h1-3,6-7,9-13,18,20H,4-5,8,14H2/t18-/m0/s1. The fourth-order valence-electron chi connectivity index (χ4n) is 2.81. The maximum Gasteiger partial charge on any atom is 0.133 e. The average molecular weight is 280 g/mol. The number of hydrogen-bond donors (Lipinski definition) is 1. The van der Waals surface area contributed by atoms with Crippen LogP contribution in [0.15, 0.2) is 65.3 Å². The Morgan fingerprint density at radius 1 is 1.00 bits per heavy atom. The second-order valence-electron chi connectivity index (χ2n) is 5.48. The van der Waals surface area contributed by atoms with E-state index in [0.717, 1.165) is 30.2 Å². The van der Waals surface area contributed by atoms with Gasteiger partial charge in [0.1, 0.15) is 5.58 Å². The van der Waals surface area contributed by atoms with E-state index in [9.17, 15) is 5.11 Å². The van der Waals surface area contributed by atoms with E-state index in [1.165, 1.54) is 11.1 Å². The minimum atomic E-state index is 0.213. The summed E-state index contributed by atoms with van der Waals surface area (Å²) in [7, 11) is 0. The number of furan rings is 1. The Kier molecular flexibility index (Phi) is 4.37. The fraction of sp³-hybridized carbons (Fsp3) is 0.263. The van der Waals surface area contributed by atoms with Crippen LogP contribution in [0.4, 0.5) is 0 Å². The largest absolute Gasteiger partial charge is 0.464 e. The van der Waals surface area contributed by atoms with Crippen LogP contribution in [0.1, 0.15) is 29.9 Å². The SMILES string of the molecule is OC[C@H](CCCc1ccc2occc2c1)c1ccccc1. The third kappa shape index (κ3) is 3.34. The Morgan fingerprint density at radius 2 is 1.86 bits per heavy atom. The van der Waals surface area contributed by atoms with Gasteiger partial charge >= 0.3 is 0 Å². The quantitative estimate of drug-likeness (QED) is 0.719. The van der Waals surface area contributed by atoms with Gasteiger partial charge in [0.2, 0.25) is 0 Å². The van der Waals surface area contributed by atoms with Gasteiger partial charge in [-0.15, -0.1) is 0 Å². The third-order valence-electron chi connectivity index (χ3n) is 4.03. The smallest absolute Gasteiger partial charge is 0.133 e. The molecule has 0 radical (unpaired) electrons. The zero-order chi connectivity index (χ0) is 14.5. The molecule has 3 rings (SSSR count). The van der Waals surface area contributed by atoms with E-state index in [4.69, 9.17) is 4.42 Å². The van der Waals surface area contributed by atoms with Crippen molar-refractivity contribution < 1.29 is 9.52 Å². The van der Waals surface area contributed by atoms with Crippen molar-refractivity contribution in [3.63, 3.8) is 0 Å². The van der Waals surface area contributed by atoms with Crippen LogP contribution in [0.5, 0.6) is 0 Å². The Labute approximate surface area is 125 Å². The molecule has 0 saturated heterocycles. The summed E-state index contributed by atoms with van der Waals surface area (Å²) in [5.74, 6) is 0.240. The van der Waals surface area contributed by atoms with E-state index in [0.29, 0.717) is 0 Å². The maximum absolute atomic E-state index is 9.58. The molecule has 3 aromatic rings. The van der Waals surface area contributed by atoms with Crippen LogP contribution in [-0.2, 0) is 6.42 Å². The molecule has 108 valence electrons. The van der Waals surface area contributed by atoms with Crippen LogP contribution in [0, 0.1) is 0 Å². The van der Waals surface area contributed by atoms with Gasteiger partial charge in [-0.1, -0.05) is 36.4 Å². The van der Waals surface area contributed by atoms with Gasteiger partial charge in [-0.3, -0.25) is 0 Å². The minimum absolute atomic E-state index is 0.213. The molecule has 1 atom stereocenters. The van der Waals surface area contributed by atoms with Crippen molar-refractivity contribution in [3.8, 4) is 0 Å². The minimum Gasteiger partial charge on any atom is -0.464 e. The van der Waals surface area contributed by atoms with Crippen LogP contribution in [-0.4, -0.2) is 11.7 Å². The van der Waals surface area contributed by atoms with Gasteiger partial charge in [0.25, 0.3) is 0 Å². The number of fused-ring (bicyclic) bond motifs is 1. The van der Waals surface area contributed by atoms with E-state index in [2.05, 4.69) is 24.3 Å². The monoisotopic (exact) mass is 280 g/mol. The van der Waals surface area contributed by atoms with Crippen LogP contribution in [0.2, 0.25) is 0 Å². The number of hydrogen-bond acceptors (Lipinski definition) is 2. The molecule has 0 amide bonds. The van der Waals surface area contributed by atoms with Gasteiger partial charge in [-0.05, 0) is 48.6 Å². The predicted octanol–water partition coefficient (Wildman–Crippen LogP) is 4.53. The van der Waals surface area contributed by atoms with Gasteiger partial charge < -0.3 is 9.52 Å². The highest BCUT2D eigenvalue weighted by Gasteiger charge is 2.09. The molecule has 1 aromatic heterocycles. The summed E-state index contributed by atoms with van der Waals surface area (Å²) in [5, 5.41) is 10.7. The first kappa shape index (κ1) is 13.9. The number of aliphatic hydroxyl groups excluding tert-OH is 1. The summed E-state index contributed by atoms with van der Waals surface area (Å²) >= 11 is 0. The molecule has 0 unspecified atom stereocenters. The molecule has 0 aliphatic carbocycles. The van der Waals surface area contributed by atoms with Gasteiger partial charge in [0.05, 0.1) is 6.26 Å². The van der Waals surface area contributed by atoms with E-state index in [1.807, 2.05) is 30.3 Å². The first-order valence-corrected chi connectivity index (χ1v) is 7.49. The fourth-order valence-corrected chi connectivity index (χ4v) is 2.81. The van der Waals surface area contributed by atoms with Gasteiger partial charge in [0, 0.05) is 17.9 Å². The molecule has 0 spiro atoms. The summed E-state index contributed by atoms with van der Waals surface area (Å²) in [4.78, 5) is 0. The van der Waals surface area contributed by atoms with E-state index < -0.39 is 0 Å². The van der Waals surface area contributed by atoms with E-state index in [1.54, 1.807) is 6.26 Å². The summed E-state index contributed by atoms with van der Waals surface area (Å²) in [6.07, 6.45) is 4.84. The zero-order valence-corrected chi connectivity index (χ0v) is 12.0. The maximum atomic E-state index is 9.58. The highest BCUT2D eigenvalue weighted by atomic mass is 16.3. The van der Waals surface area contributed by atoms with E-state index in [-0.39, 0.29) is 12.5 Å². The van der Waals surface area contributed by atoms with Crippen LogP contribution >= 0.6 is 0 Å². The summed E-state index contributed by atoms with van der Waals surface area (Å²) in [5.41, 5.74) is 3.50. The van der Waals surface area contributed by atoms with Crippen LogP contribution in [0.25, 0.3) is 11.0 Å². The lowest BCUT2D eigenvalue weighted by atomic mass is 9.93. The third-order valence-corrected chi connectivity index (χ3v) is 4.03.